The maximum Gasteiger partial charge on any atom is 0.149 e. The van der Waals surface area contributed by atoms with Gasteiger partial charge in [0.05, 0.1) is 21.8 Å². The largest absolute Gasteiger partial charge is 0.338 e. The molecule has 0 aliphatic carbocycles. The summed E-state index contributed by atoms with van der Waals surface area (Å²) in [6.07, 6.45) is 0. The van der Waals surface area contributed by atoms with Gasteiger partial charge in [-0.25, -0.2) is 13.8 Å². The molecule has 0 bridgehead atoms. The van der Waals surface area contributed by atoms with E-state index in [1.165, 1.54) is 12.1 Å². The molecule has 96 valence electrons. The molecule has 2 aromatic rings. The second-order valence-electron chi connectivity index (χ2n) is 3.87. The van der Waals surface area contributed by atoms with Crippen molar-refractivity contribution in [1.82, 2.24) is 4.98 Å². The Kier molecular flexibility index (Phi) is 3.76. The summed E-state index contributed by atoms with van der Waals surface area (Å²) in [7, 11) is 0. The van der Waals surface area contributed by atoms with Crippen LogP contribution in [0.4, 0.5) is 20.3 Å². The molecule has 19 heavy (non-hydrogen) atoms. The van der Waals surface area contributed by atoms with Crippen molar-refractivity contribution in [1.29, 1.82) is 5.26 Å². The van der Waals surface area contributed by atoms with Crippen LogP contribution in [0, 0.1) is 29.9 Å². The van der Waals surface area contributed by atoms with Gasteiger partial charge in [0.2, 0.25) is 0 Å². The lowest BCUT2D eigenvalue weighted by molar-refractivity contribution is 0.581. The summed E-state index contributed by atoms with van der Waals surface area (Å²) in [6, 6.07) is 7.14. The monoisotopic (exact) mass is 323 g/mol. The first-order chi connectivity index (χ1) is 8.99. The van der Waals surface area contributed by atoms with Crippen molar-refractivity contribution in [3.05, 3.63) is 51.6 Å². The molecule has 6 heteroatoms. The maximum atomic E-state index is 13.6. The van der Waals surface area contributed by atoms with Crippen molar-refractivity contribution >= 4 is 27.4 Å². The van der Waals surface area contributed by atoms with E-state index in [2.05, 4.69) is 26.2 Å². The van der Waals surface area contributed by atoms with Crippen LogP contribution in [0.15, 0.2) is 28.7 Å². The van der Waals surface area contributed by atoms with Crippen LogP contribution in [-0.4, -0.2) is 4.98 Å². The van der Waals surface area contributed by atoms with Gasteiger partial charge in [0.1, 0.15) is 17.5 Å². The highest BCUT2D eigenvalue weighted by molar-refractivity contribution is 9.10. The van der Waals surface area contributed by atoms with Crippen LogP contribution in [-0.2, 0) is 0 Å². The van der Waals surface area contributed by atoms with E-state index >= 15 is 0 Å². The number of halogens is 3. The van der Waals surface area contributed by atoms with Gasteiger partial charge in [-0.05, 0) is 41.1 Å². The minimum absolute atomic E-state index is 0.0789. The third-order valence-corrected chi connectivity index (χ3v) is 2.96. The van der Waals surface area contributed by atoms with Gasteiger partial charge < -0.3 is 5.32 Å². The van der Waals surface area contributed by atoms with E-state index < -0.39 is 11.6 Å². The van der Waals surface area contributed by atoms with Gasteiger partial charge in [0, 0.05) is 11.8 Å². The van der Waals surface area contributed by atoms with Crippen molar-refractivity contribution in [3.63, 3.8) is 0 Å². The van der Waals surface area contributed by atoms with Gasteiger partial charge in [-0.15, -0.1) is 0 Å². The van der Waals surface area contributed by atoms with Gasteiger partial charge in [0.15, 0.2) is 0 Å². The van der Waals surface area contributed by atoms with E-state index in [-0.39, 0.29) is 10.2 Å². The Morgan fingerprint density at radius 2 is 1.95 bits per heavy atom. The quantitative estimate of drug-likeness (QED) is 0.848. The highest BCUT2D eigenvalue weighted by Crippen LogP contribution is 2.26. The Bertz CT molecular complexity index is 680. The highest BCUT2D eigenvalue weighted by Gasteiger charge is 2.09. The van der Waals surface area contributed by atoms with Crippen molar-refractivity contribution in [2.75, 3.05) is 5.32 Å². The lowest BCUT2D eigenvalue weighted by atomic mass is 10.2. The van der Waals surface area contributed by atoms with Gasteiger partial charge in [-0.2, -0.15) is 5.26 Å². The number of rotatable bonds is 2. The number of aryl methyl sites for hydroxylation is 1. The van der Waals surface area contributed by atoms with Crippen LogP contribution in [0.2, 0.25) is 0 Å². The number of hydrogen-bond acceptors (Lipinski definition) is 3. The SMILES string of the molecule is Cc1cc(C#N)cc(Nc2cc(Br)c(F)cc2F)n1. The lowest BCUT2D eigenvalue weighted by Crippen LogP contribution is -1.99. The van der Waals surface area contributed by atoms with E-state index in [1.54, 1.807) is 13.0 Å². The normalized spacial score (nSPS) is 10.1. The summed E-state index contributed by atoms with van der Waals surface area (Å²) in [5.74, 6) is -1.09. The third kappa shape index (κ3) is 3.06. The van der Waals surface area contributed by atoms with E-state index in [0.29, 0.717) is 17.1 Å². The Balaban J connectivity index is 2.39. The summed E-state index contributed by atoms with van der Waals surface area (Å²) < 4.78 is 26.8. The van der Waals surface area contributed by atoms with Crippen LogP contribution in [0.1, 0.15) is 11.3 Å². The molecule has 1 aromatic carbocycles. The first-order valence-electron chi connectivity index (χ1n) is 5.30. The molecule has 2 rings (SSSR count). The van der Waals surface area contributed by atoms with Gasteiger partial charge in [-0.3, -0.25) is 0 Å². The molecule has 0 radical (unpaired) electrons. The van der Waals surface area contributed by atoms with E-state index in [1.807, 2.05) is 6.07 Å². The molecule has 0 unspecified atom stereocenters. The predicted octanol–water partition coefficient (Wildman–Crippen LogP) is 4.05. The van der Waals surface area contributed by atoms with Gasteiger partial charge >= 0.3 is 0 Å². The zero-order valence-corrected chi connectivity index (χ0v) is 11.4. The van der Waals surface area contributed by atoms with Crippen LogP contribution in [0.3, 0.4) is 0 Å². The van der Waals surface area contributed by atoms with Crippen LogP contribution in [0.25, 0.3) is 0 Å². The molecule has 1 heterocycles. The number of hydrogen-bond donors (Lipinski definition) is 1. The molecule has 3 nitrogen and oxygen atoms in total. The van der Waals surface area contributed by atoms with Crippen molar-refractivity contribution in [2.45, 2.75) is 6.92 Å². The molecular formula is C13H8BrF2N3. The van der Waals surface area contributed by atoms with Crippen molar-refractivity contribution in [2.24, 2.45) is 0 Å². The summed E-state index contributed by atoms with van der Waals surface area (Å²) in [4.78, 5) is 4.13. The minimum Gasteiger partial charge on any atom is -0.338 e. The standard InChI is InChI=1S/C13H8BrF2N3/c1-7-2-8(6-17)3-13(18-7)19-12-4-9(14)10(15)5-11(12)16/h2-5H,1H3,(H,18,19). The Hall–Kier alpha value is -2.00. The molecule has 1 aromatic heterocycles. The molecule has 0 spiro atoms. The van der Waals surface area contributed by atoms with E-state index in [9.17, 15) is 8.78 Å². The summed E-state index contributed by atoms with van der Waals surface area (Å²) in [5.41, 5.74) is 1.12. The second-order valence-corrected chi connectivity index (χ2v) is 4.72. The van der Waals surface area contributed by atoms with Crippen LogP contribution >= 0.6 is 15.9 Å². The highest BCUT2D eigenvalue weighted by atomic mass is 79.9. The minimum atomic E-state index is -0.734. The number of nitriles is 1. The Morgan fingerprint density at radius 1 is 1.21 bits per heavy atom. The smallest absolute Gasteiger partial charge is 0.149 e. The molecule has 0 aliphatic rings. The zero-order valence-electron chi connectivity index (χ0n) is 9.84. The first-order valence-corrected chi connectivity index (χ1v) is 6.09. The fourth-order valence-corrected chi connectivity index (χ4v) is 1.90. The average molecular weight is 324 g/mol. The average Bonchev–Trinajstić information content (AvgIpc) is 2.35. The number of nitrogens with one attached hydrogen (secondary N) is 1. The van der Waals surface area contributed by atoms with E-state index in [4.69, 9.17) is 5.26 Å². The third-order valence-electron chi connectivity index (χ3n) is 2.36. The number of benzene rings is 1. The fourth-order valence-electron chi connectivity index (χ4n) is 1.55. The topological polar surface area (TPSA) is 48.7 Å². The second kappa shape index (κ2) is 5.33. The Morgan fingerprint density at radius 3 is 2.63 bits per heavy atom. The molecule has 1 N–H and O–H groups in total. The van der Waals surface area contributed by atoms with Crippen LogP contribution < -0.4 is 5.32 Å². The molecule has 0 atom stereocenters. The molecule has 0 saturated carbocycles. The molecular weight excluding hydrogens is 316 g/mol. The summed E-state index contributed by atoms with van der Waals surface area (Å²) in [6.45, 7) is 1.73. The number of nitrogens with zero attached hydrogens (tertiary/aromatic N) is 2. The molecule has 0 saturated heterocycles. The summed E-state index contributed by atoms with van der Waals surface area (Å²) in [5, 5.41) is 11.6. The van der Waals surface area contributed by atoms with E-state index in [0.717, 1.165) is 6.07 Å². The zero-order chi connectivity index (χ0) is 14.0. The van der Waals surface area contributed by atoms with Crippen molar-refractivity contribution in [3.8, 4) is 6.07 Å². The van der Waals surface area contributed by atoms with Crippen molar-refractivity contribution < 1.29 is 8.78 Å². The molecule has 0 amide bonds. The molecule has 0 aliphatic heterocycles. The number of aromatic nitrogens is 1. The predicted molar refractivity (Wildman–Crippen MR) is 71.0 cm³/mol. The maximum absolute atomic E-state index is 13.6. The fraction of sp³-hybridized carbons (Fsp3) is 0.0769. The van der Waals surface area contributed by atoms with Gasteiger partial charge in [0.25, 0.3) is 0 Å². The Labute approximate surface area is 117 Å². The first kappa shape index (κ1) is 13.4. The summed E-state index contributed by atoms with van der Waals surface area (Å²) >= 11 is 2.98. The number of pyridine rings is 1. The molecule has 0 fully saturated rings. The van der Waals surface area contributed by atoms with Gasteiger partial charge in [-0.1, -0.05) is 0 Å². The van der Waals surface area contributed by atoms with Crippen LogP contribution in [0.5, 0.6) is 0 Å². The lowest BCUT2D eigenvalue weighted by Gasteiger charge is -2.09. The number of anilines is 2.